The Morgan fingerprint density at radius 3 is 2.73 bits per heavy atom. The molecule has 0 radical (unpaired) electrons. The van der Waals surface area contributed by atoms with Crippen LogP contribution in [-0.2, 0) is 9.53 Å². The minimum atomic E-state index is -0.666. The molecule has 2 N–H and O–H groups in total. The van der Waals surface area contributed by atoms with Crippen LogP contribution in [0.2, 0.25) is 0 Å². The van der Waals surface area contributed by atoms with Crippen LogP contribution in [0, 0.1) is 0 Å². The molecule has 15 heavy (non-hydrogen) atoms. The van der Waals surface area contributed by atoms with Crippen LogP contribution in [0.3, 0.4) is 0 Å². The van der Waals surface area contributed by atoms with Gasteiger partial charge >= 0.3 is 0 Å². The zero-order valence-corrected chi connectivity index (χ0v) is 10.1. The fraction of sp³-hybridized carbons (Fsp3) is 0.800. The summed E-state index contributed by atoms with van der Waals surface area (Å²) in [6.07, 6.45) is 1.71. The molecule has 0 bridgehead atoms. The highest BCUT2D eigenvalue weighted by Crippen LogP contribution is 2.27. The van der Waals surface area contributed by atoms with Crippen LogP contribution in [0.5, 0.6) is 0 Å². The minimum Gasteiger partial charge on any atom is -0.392 e. The number of nitrogens with two attached hydrogens (primary N) is 1. The van der Waals surface area contributed by atoms with Crippen LogP contribution in [0.15, 0.2) is 0 Å². The van der Waals surface area contributed by atoms with Crippen LogP contribution in [-0.4, -0.2) is 41.1 Å². The Morgan fingerprint density at radius 1 is 1.67 bits per heavy atom. The number of nitrogens with zero attached hydrogens (tertiary/aromatic N) is 1. The highest BCUT2D eigenvalue weighted by Gasteiger charge is 2.40. The molecule has 86 valence electrons. The lowest BCUT2D eigenvalue weighted by atomic mass is 10.0. The predicted molar refractivity (Wildman–Crippen MR) is 62.6 cm³/mol. The summed E-state index contributed by atoms with van der Waals surface area (Å²) in [6, 6.07) is 0. The van der Waals surface area contributed by atoms with Gasteiger partial charge in [-0.1, -0.05) is 12.2 Å². The van der Waals surface area contributed by atoms with E-state index in [0.717, 1.165) is 12.8 Å². The fourth-order valence-electron chi connectivity index (χ4n) is 1.80. The van der Waals surface area contributed by atoms with E-state index in [9.17, 15) is 4.79 Å². The number of likely N-dealkylation sites (N-methyl/N-ethyl adjacent to an activating group) is 1. The number of hydrogen-bond acceptors (Lipinski definition) is 3. The average molecular weight is 230 g/mol. The summed E-state index contributed by atoms with van der Waals surface area (Å²) < 4.78 is 5.49. The monoisotopic (exact) mass is 230 g/mol. The molecule has 1 unspecified atom stereocenters. The van der Waals surface area contributed by atoms with Crippen LogP contribution in [0.1, 0.15) is 26.7 Å². The third-order valence-electron chi connectivity index (χ3n) is 2.69. The van der Waals surface area contributed by atoms with E-state index in [2.05, 4.69) is 0 Å². The summed E-state index contributed by atoms with van der Waals surface area (Å²) in [6.45, 7) is 5.35. The van der Waals surface area contributed by atoms with Gasteiger partial charge < -0.3 is 15.4 Å². The minimum absolute atomic E-state index is 0.00435. The van der Waals surface area contributed by atoms with Gasteiger partial charge in [0.25, 0.3) is 5.91 Å². The molecule has 5 heteroatoms. The lowest BCUT2D eigenvalue weighted by molar-refractivity contribution is -0.149. The van der Waals surface area contributed by atoms with E-state index in [-0.39, 0.29) is 5.91 Å². The first-order valence-electron chi connectivity index (χ1n) is 5.21. The smallest absolute Gasteiger partial charge is 0.254 e. The molecule has 0 aromatic carbocycles. The summed E-state index contributed by atoms with van der Waals surface area (Å²) in [5.41, 5.74) is 4.78. The van der Waals surface area contributed by atoms with Crippen molar-refractivity contribution < 1.29 is 9.53 Å². The van der Waals surface area contributed by atoms with E-state index in [0.29, 0.717) is 24.7 Å². The maximum atomic E-state index is 12.1. The van der Waals surface area contributed by atoms with Gasteiger partial charge in [0.1, 0.15) is 5.60 Å². The first-order valence-corrected chi connectivity index (χ1v) is 5.62. The Balaban J connectivity index is 2.67. The van der Waals surface area contributed by atoms with E-state index in [1.54, 1.807) is 4.90 Å². The van der Waals surface area contributed by atoms with Gasteiger partial charge in [0.2, 0.25) is 0 Å². The fourth-order valence-corrected chi connectivity index (χ4v) is 1.95. The van der Waals surface area contributed by atoms with Crippen LogP contribution < -0.4 is 5.73 Å². The zero-order valence-electron chi connectivity index (χ0n) is 9.28. The van der Waals surface area contributed by atoms with E-state index in [1.807, 2.05) is 13.8 Å². The van der Waals surface area contributed by atoms with Crippen LogP contribution in [0.25, 0.3) is 0 Å². The summed E-state index contributed by atoms with van der Waals surface area (Å²) in [7, 11) is 0. The van der Waals surface area contributed by atoms with Crippen molar-refractivity contribution in [2.45, 2.75) is 32.3 Å². The number of carbonyl (C=O) groups is 1. The SMILES string of the molecule is CCN(CC(N)=S)C(=O)C1(C)CCCO1. The van der Waals surface area contributed by atoms with Gasteiger partial charge in [0.05, 0.1) is 11.5 Å². The molecule has 1 amide bonds. The maximum absolute atomic E-state index is 12.1. The molecular weight excluding hydrogens is 212 g/mol. The van der Waals surface area contributed by atoms with Gasteiger partial charge in [-0.15, -0.1) is 0 Å². The van der Waals surface area contributed by atoms with Gasteiger partial charge in [-0.2, -0.15) is 0 Å². The van der Waals surface area contributed by atoms with Gasteiger partial charge in [0, 0.05) is 13.2 Å². The largest absolute Gasteiger partial charge is 0.392 e. The van der Waals surface area contributed by atoms with E-state index in [1.165, 1.54) is 0 Å². The molecule has 1 heterocycles. The standard InChI is InChI=1S/C10H18N2O2S/c1-3-12(7-8(11)15)9(13)10(2)5-4-6-14-10/h3-7H2,1-2H3,(H2,11,15). The lowest BCUT2D eigenvalue weighted by Crippen LogP contribution is -2.49. The molecule has 0 aromatic rings. The molecule has 0 aromatic heterocycles. The lowest BCUT2D eigenvalue weighted by Gasteiger charge is -2.29. The number of hydrogen-bond donors (Lipinski definition) is 1. The number of amides is 1. The van der Waals surface area contributed by atoms with Gasteiger partial charge in [-0.3, -0.25) is 4.79 Å². The van der Waals surface area contributed by atoms with Crippen molar-refractivity contribution in [1.29, 1.82) is 0 Å². The highest BCUT2D eigenvalue weighted by atomic mass is 32.1. The molecule has 0 aliphatic carbocycles. The molecule has 0 spiro atoms. The molecule has 4 nitrogen and oxygen atoms in total. The molecule has 1 atom stereocenters. The second-order valence-corrected chi connectivity index (χ2v) is 4.49. The average Bonchev–Trinajstić information content (AvgIpc) is 2.61. The topological polar surface area (TPSA) is 55.6 Å². The highest BCUT2D eigenvalue weighted by molar-refractivity contribution is 7.80. The number of carbonyl (C=O) groups excluding carboxylic acids is 1. The van der Waals surface area contributed by atoms with Gasteiger partial charge in [0.15, 0.2) is 0 Å². The Labute approximate surface area is 95.8 Å². The Kier molecular flexibility index (Phi) is 4.04. The maximum Gasteiger partial charge on any atom is 0.254 e. The van der Waals surface area contributed by atoms with E-state index >= 15 is 0 Å². The molecular formula is C10H18N2O2S. The second kappa shape index (κ2) is 4.90. The number of thiocarbonyl (C=S) groups is 1. The summed E-state index contributed by atoms with van der Waals surface area (Å²) >= 11 is 4.81. The third kappa shape index (κ3) is 2.89. The first kappa shape index (κ1) is 12.4. The third-order valence-corrected chi connectivity index (χ3v) is 2.82. The quantitative estimate of drug-likeness (QED) is 0.722. The van der Waals surface area contributed by atoms with Crippen molar-refractivity contribution in [2.75, 3.05) is 19.7 Å². The van der Waals surface area contributed by atoms with E-state index in [4.69, 9.17) is 22.7 Å². The van der Waals surface area contributed by atoms with Crippen molar-refractivity contribution in [2.24, 2.45) is 5.73 Å². The predicted octanol–water partition coefficient (Wildman–Crippen LogP) is 0.690. The van der Waals surface area contributed by atoms with Crippen molar-refractivity contribution >= 4 is 23.1 Å². The van der Waals surface area contributed by atoms with Gasteiger partial charge in [-0.05, 0) is 26.7 Å². The summed E-state index contributed by atoms with van der Waals surface area (Å²) in [5.74, 6) is -0.00435. The van der Waals surface area contributed by atoms with Crippen molar-refractivity contribution in [1.82, 2.24) is 4.90 Å². The van der Waals surface area contributed by atoms with Crippen LogP contribution >= 0.6 is 12.2 Å². The normalized spacial score (nSPS) is 25.2. The second-order valence-electron chi connectivity index (χ2n) is 3.97. The Morgan fingerprint density at radius 2 is 2.33 bits per heavy atom. The molecule has 1 aliphatic rings. The first-order chi connectivity index (χ1) is 6.99. The molecule has 1 saturated heterocycles. The Hall–Kier alpha value is -0.680. The number of ether oxygens (including phenoxy) is 1. The van der Waals surface area contributed by atoms with Crippen LogP contribution in [0.4, 0.5) is 0 Å². The summed E-state index contributed by atoms with van der Waals surface area (Å²) in [5, 5.41) is 0. The zero-order chi connectivity index (χ0) is 11.5. The molecule has 0 saturated carbocycles. The van der Waals surface area contributed by atoms with Crippen molar-refractivity contribution in [3.05, 3.63) is 0 Å². The molecule has 1 fully saturated rings. The summed E-state index contributed by atoms with van der Waals surface area (Å²) in [4.78, 5) is 14.1. The van der Waals surface area contributed by atoms with Crippen molar-refractivity contribution in [3.63, 3.8) is 0 Å². The van der Waals surface area contributed by atoms with E-state index < -0.39 is 5.60 Å². The number of rotatable bonds is 4. The molecule has 1 rings (SSSR count). The van der Waals surface area contributed by atoms with Gasteiger partial charge in [-0.25, -0.2) is 0 Å². The van der Waals surface area contributed by atoms with Crippen molar-refractivity contribution in [3.8, 4) is 0 Å². The Bertz CT molecular complexity index is 262. The molecule has 1 aliphatic heterocycles.